The maximum absolute atomic E-state index is 12.2. The van der Waals surface area contributed by atoms with Gasteiger partial charge in [-0.2, -0.15) is 5.10 Å². The zero-order chi connectivity index (χ0) is 16.2. The molecule has 0 amide bonds. The number of carbonyl (C=O) groups is 1. The Morgan fingerprint density at radius 3 is 2.87 bits per heavy atom. The molecule has 2 aromatic rings. The van der Waals surface area contributed by atoms with Gasteiger partial charge in [-0.3, -0.25) is 9.59 Å². The first-order valence-corrected chi connectivity index (χ1v) is 8.04. The minimum atomic E-state index is -0.233. The van der Waals surface area contributed by atoms with E-state index in [4.69, 9.17) is 4.74 Å². The van der Waals surface area contributed by atoms with Crippen LogP contribution in [0.3, 0.4) is 0 Å². The highest BCUT2D eigenvalue weighted by Crippen LogP contribution is 2.30. The number of nitrogens with zero attached hydrogens (tertiary/aromatic N) is 2. The molecule has 0 spiro atoms. The number of aryl methyl sites for hydroxylation is 3. The van der Waals surface area contributed by atoms with E-state index in [0.29, 0.717) is 26.0 Å². The maximum Gasteiger partial charge on any atom is 0.305 e. The van der Waals surface area contributed by atoms with E-state index in [1.807, 2.05) is 18.2 Å². The summed E-state index contributed by atoms with van der Waals surface area (Å²) in [4.78, 5) is 23.6. The number of hydrogen-bond donors (Lipinski definition) is 0. The second-order valence-corrected chi connectivity index (χ2v) is 5.65. The minimum absolute atomic E-state index is 0.105. The van der Waals surface area contributed by atoms with Crippen molar-refractivity contribution in [2.45, 2.75) is 39.2 Å². The first kappa shape index (κ1) is 15.5. The zero-order valence-corrected chi connectivity index (χ0v) is 13.2. The fraction of sp³-hybridized carbons (Fsp3) is 0.389. The number of rotatable bonds is 5. The summed E-state index contributed by atoms with van der Waals surface area (Å²) >= 11 is 0. The van der Waals surface area contributed by atoms with Gasteiger partial charge in [-0.1, -0.05) is 24.3 Å². The Hall–Kier alpha value is -2.43. The highest BCUT2D eigenvalue weighted by Gasteiger charge is 2.18. The van der Waals surface area contributed by atoms with Crippen molar-refractivity contribution >= 4 is 5.97 Å². The molecule has 0 saturated heterocycles. The molecule has 1 aliphatic rings. The molecule has 1 aromatic carbocycles. The second-order valence-electron chi connectivity index (χ2n) is 5.65. The number of fused-ring (bicyclic) bond motifs is 3. The Kier molecular flexibility index (Phi) is 4.55. The van der Waals surface area contributed by atoms with Gasteiger partial charge in [0.2, 0.25) is 0 Å². The first-order chi connectivity index (χ1) is 11.2. The summed E-state index contributed by atoms with van der Waals surface area (Å²) in [6.45, 7) is 2.59. The van der Waals surface area contributed by atoms with E-state index in [0.717, 1.165) is 29.7 Å². The van der Waals surface area contributed by atoms with Crippen LogP contribution in [0.1, 0.15) is 30.9 Å². The summed E-state index contributed by atoms with van der Waals surface area (Å²) in [5.74, 6) is -0.233. The average molecular weight is 312 g/mol. The van der Waals surface area contributed by atoms with Gasteiger partial charge in [0.15, 0.2) is 0 Å². The SMILES string of the molecule is CCOC(=O)CCCn1nc2c(cc1=O)CCc1ccccc1-2. The molecular weight excluding hydrogens is 292 g/mol. The molecule has 0 aliphatic heterocycles. The quantitative estimate of drug-likeness (QED) is 0.795. The Labute approximate surface area is 134 Å². The summed E-state index contributed by atoms with van der Waals surface area (Å²) in [5, 5.41) is 4.55. The Bertz CT molecular complexity index is 780. The van der Waals surface area contributed by atoms with Crippen molar-refractivity contribution in [2.24, 2.45) is 0 Å². The molecule has 1 heterocycles. The van der Waals surface area contributed by atoms with Gasteiger partial charge in [0, 0.05) is 24.6 Å². The van der Waals surface area contributed by atoms with E-state index in [-0.39, 0.29) is 11.5 Å². The third-order valence-electron chi connectivity index (χ3n) is 4.07. The van der Waals surface area contributed by atoms with Gasteiger partial charge in [-0.05, 0) is 37.3 Å². The van der Waals surface area contributed by atoms with Gasteiger partial charge in [-0.25, -0.2) is 4.68 Å². The molecule has 1 aliphatic carbocycles. The van der Waals surface area contributed by atoms with Gasteiger partial charge < -0.3 is 4.74 Å². The topological polar surface area (TPSA) is 61.2 Å². The van der Waals surface area contributed by atoms with Crippen LogP contribution in [0.25, 0.3) is 11.3 Å². The molecule has 5 heteroatoms. The number of esters is 1. The second kappa shape index (κ2) is 6.77. The molecule has 23 heavy (non-hydrogen) atoms. The van der Waals surface area contributed by atoms with Crippen LogP contribution in [0.5, 0.6) is 0 Å². The number of ether oxygens (including phenoxy) is 1. The Morgan fingerprint density at radius 2 is 2.04 bits per heavy atom. The lowest BCUT2D eigenvalue weighted by atomic mass is 9.90. The Morgan fingerprint density at radius 1 is 1.26 bits per heavy atom. The van der Waals surface area contributed by atoms with Crippen LogP contribution in [0.15, 0.2) is 35.1 Å². The van der Waals surface area contributed by atoms with Crippen molar-refractivity contribution < 1.29 is 9.53 Å². The average Bonchev–Trinajstić information content (AvgIpc) is 2.55. The van der Waals surface area contributed by atoms with Gasteiger partial charge in [0.05, 0.1) is 12.3 Å². The smallest absolute Gasteiger partial charge is 0.305 e. The fourth-order valence-electron chi connectivity index (χ4n) is 2.95. The summed E-state index contributed by atoms with van der Waals surface area (Å²) in [6, 6.07) is 9.86. The van der Waals surface area contributed by atoms with Crippen molar-refractivity contribution in [3.63, 3.8) is 0 Å². The molecule has 0 N–H and O–H groups in total. The van der Waals surface area contributed by atoms with E-state index < -0.39 is 0 Å². The monoisotopic (exact) mass is 312 g/mol. The summed E-state index contributed by atoms with van der Waals surface area (Å²) < 4.78 is 6.36. The Balaban J connectivity index is 1.81. The highest BCUT2D eigenvalue weighted by molar-refractivity contribution is 5.69. The van der Waals surface area contributed by atoms with Crippen molar-refractivity contribution in [3.8, 4) is 11.3 Å². The molecule has 0 atom stereocenters. The molecule has 0 fully saturated rings. The molecule has 120 valence electrons. The molecule has 0 bridgehead atoms. The summed E-state index contributed by atoms with van der Waals surface area (Å²) in [6.07, 6.45) is 2.64. The van der Waals surface area contributed by atoms with Gasteiger partial charge in [0.25, 0.3) is 5.56 Å². The highest BCUT2D eigenvalue weighted by atomic mass is 16.5. The van der Waals surface area contributed by atoms with Crippen molar-refractivity contribution in [3.05, 3.63) is 51.8 Å². The standard InChI is InChI=1S/C18H20N2O3/c1-2-23-17(22)8-5-11-20-16(21)12-14-10-9-13-6-3-4-7-15(13)18(14)19-20/h3-4,6-7,12H,2,5,8-11H2,1H3. The van der Waals surface area contributed by atoms with Crippen LogP contribution in [-0.4, -0.2) is 22.4 Å². The van der Waals surface area contributed by atoms with E-state index in [1.165, 1.54) is 10.2 Å². The number of benzene rings is 1. The third kappa shape index (κ3) is 3.33. The van der Waals surface area contributed by atoms with Crippen LogP contribution in [0.2, 0.25) is 0 Å². The molecule has 0 saturated carbocycles. The predicted octanol–water partition coefficient (Wildman–Crippen LogP) is 2.35. The number of carbonyl (C=O) groups excluding carboxylic acids is 1. The predicted molar refractivity (Wildman–Crippen MR) is 87.2 cm³/mol. The number of aromatic nitrogens is 2. The molecule has 0 radical (unpaired) electrons. The first-order valence-electron chi connectivity index (χ1n) is 8.04. The van der Waals surface area contributed by atoms with E-state index in [9.17, 15) is 9.59 Å². The van der Waals surface area contributed by atoms with E-state index in [1.54, 1.807) is 13.0 Å². The van der Waals surface area contributed by atoms with Crippen LogP contribution < -0.4 is 5.56 Å². The van der Waals surface area contributed by atoms with Gasteiger partial charge in [-0.15, -0.1) is 0 Å². The molecular formula is C18H20N2O3. The van der Waals surface area contributed by atoms with E-state index in [2.05, 4.69) is 11.2 Å². The molecule has 1 aromatic heterocycles. The van der Waals surface area contributed by atoms with Gasteiger partial charge in [0.1, 0.15) is 0 Å². The van der Waals surface area contributed by atoms with Crippen LogP contribution in [0, 0.1) is 0 Å². The van der Waals surface area contributed by atoms with Crippen LogP contribution >= 0.6 is 0 Å². The lowest BCUT2D eigenvalue weighted by Crippen LogP contribution is -2.26. The molecule has 3 rings (SSSR count). The van der Waals surface area contributed by atoms with E-state index >= 15 is 0 Å². The number of hydrogen-bond acceptors (Lipinski definition) is 4. The van der Waals surface area contributed by atoms with Gasteiger partial charge >= 0.3 is 5.97 Å². The van der Waals surface area contributed by atoms with Crippen LogP contribution in [-0.2, 0) is 28.9 Å². The summed E-state index contributed by atoms with van der Waals surface area (Å²) in [7, 11) is 0. The molecule has 5 nitrogen and oxygen atoms in total. The third-order valence-corrected chi connectivity index (χ3v) is 4.07. The fourth-order valence-corrected chi connectivity index (χ4v) is 2.95. The maximum atomic E-state index is 12.2. The normalized spacial score (nSPS) is 12.4. The van der Waals surface area contributed by atoms with Crippen LogP contribution in [0.4, 0.5) is 0 Å². The summed E-state index contributed by atoms with van der Waals surface area (Å²) in [5.41, 5.74) is 4.17. The van der Waals surface area contributed by atoms with Crippen molar-refractivity contribution in [1.29, 1.82) is 0 Å². The van der Waals surface area contributed by atoms with Crippen molar-refractivity contribution in [2.75, 3.05) is 6.61 Å². The molecule has 0 unspecified atom stereocenters. The van der Waals surface area contributed by atoms with Crippen molar-refractivity contribution in [1.82, 2.24) is 9.78 Å². The minimum Gasteiger partial charge on any atom is -0.466 e. The lowest BCUT2D eigenvalue weighted by molar-refractivity contribution is -0.143. The zero-order valence-electron chi connectivity index (χ0n) is 13.2. The lowest BCUT2D eigenvalue weighted by Gasteiger charge is -2.19. The largest absolute Gasteiger partial charge is 0.466 e.